The highest BCUT2D eigenvalue weighted by molar-refractivity contribution is 7.93. The Morgan fingerprint density at radius 1 is 1.00 bits per heavy atom. The van der Waals surface area contributed by atoms with Crippen molar-refractivity contribution in [1.29, 1.82) is 0 Å². The number of hydrogen-bond donors (Lipinski definition) is 2. The molecule has 6 nitrogen and oxygen atoms in total. The maximum Gasteiger partial charge on any atom is 0.516 e. The molecule has 1 aromatic rings. The molecule has 0 bridgehead atoms. The van der Waals surface area contributed by atoms with Gasteiger partial charge in [-0.15, -0.1) is 0 Å². The third-order valence-corrected chi connectivity index (χ3v) is 3.69. The Kier molecular flexibility index (Phi) is 3.60. The highest BCUT2D eigenvalue weighted by Gasteiger charge is 2.46. The van der Waals surface area contributed by atoms with Gasteiger partial charge in [-0.1, -0.05) is 0 Å². The van der Waals surface area contributed by atoms with Crippen LogP contribution < -0.4 is 4.72 Å². The van der Waals surface area contributed by atoms with Gasteiger partial charge < -0.3 is 0 Å². The molecule has 0 saturated carbocycles. The summed E-state index contributed by atoms with van der Waals surface area (Å²) in [7, 11) is -10.1. The summed E-state index contributed by atoms with van der Waals surface area (Å²) in [5, 5.41) is 0. The molecule has 0 atom stereocenters. The van der Waals surface area contributed by atoms with Gasteiger partial charge in [0.05, 0.1) is 4.90 Å². The van der Waals surface area contributed by atoms with Crippen LogP contribution in [0.3, 0.4) is 0 Å². The molecule has 0 fully saturated rings. The lowest BCUT2D eigenvalue weighted by molar-refractivity contribution is -0.0429. The maximum absolute atomic E-state index is 12.0. The van der Waals surface area contributed by atoms with E-state index in [0.29, 0.717) is 0 Å². The van der Waals surface area contributed by atoms with Gasteiger partial charge in [0.25, 0.3) is 10.1 Å². The predicted octanol–water partition coefficient (Wildman–Crippen LogP) is 1.19. The lowest BCUT2D eigenvalue weighted by atomic mass is 10.3. The van der Waals surface area contributed by atoms with Gasteiger partial charge in [0.2, 0.25) is 0 Å². The minimum absolute atomic E-state index is 0.486. The van der Waals surface area contributed by atoms with Crippen molar-refractivity contribution in [2.45, 2.75) is 10.4 Å². The Morgan fingerprint density at radius 3 is 1.78 bits per heavy atom. The second-order valence-corrected chi connectivity index (χ2v) is 6.15. The van der Waals surface area contributed by atoms with Crippen LogP contribution in [0.25, 0.3) is 0 Å². The van der Waals surface area contributed by atoms with Gasteiger partial charge in [0, 0.05) is 5.69 Å². The van der Waals surface area contributed by atoms with E-state index in [4.69, 9.17) is 4.55 Å². The molecule has 11 heteroatoms. The third kappa shape index (κ3) is 3.34. The summed E-state index contributed by atoms with van der Waals surface area (Å²) in [5.41, 5.74) is -5.96. The van der Waals surface area contributed by atoms with Gasteiger partial charge in [-0.3, -0.25) is 9.27 Å². The third-order valence-electron chi connectivity index (χ3n) is 1.71. The zero-order valence-electron chi connectivity index (χ0n) is 8.34. The van der Waals surface area contributed by atoms with Gasteiger partial charge in [-0.25, -0.2) is 0 Å². The molecule has 1 aromatic carbocycles. The summed E-state index contributed by atoms with van der Waals surface area (Å²) < 4.78 is 88.5. The number of alkyl halides is 3. The average molecular weight is 305 g/mol. The van der Waals surface area contributed by atoms with Crippen LogP contribution >= 0.6 is 0 Å². The molecule has 0 radical (unpaired) electrons. The second-order valence-electron chi connectivity index (χ2n) is 3.05. The molecule has 18 heavy (non-hydrogen) atoms. The fraction of sp³-hybridized carbons (Fsp3) is 0.143. The number of halogens is 3. The highest BCUT2D eigenvalue weighted by atomic mass is 32.2. The zero-order valence-corrected chi connectivity index (χ0v) is 9.97. The van der Waals surface area contributed by atoms with E-state index < -0.39 is 36.2 Å². The van der Waals surface area contributed by atoms with Gasteiger partial charge in [0.1, 0.15) is 0 Å². The first-order chi connectivity index (χ1) is 7.93. The number of benzene rings is 1. The Balaban J connectivity index is 3.03. The van der Waals surface area contributed by atoms with Gasteiger partial charge in [-0.05, 0) is 24.3 Å². The van der Waals surface area contributed by atoms with E-state index in [-0.39, 0.29) is 0 Å². The summed E-state index contributed by atoms with van der Waals surface area (Å²) in [6.07, 6.45) is 0. The SMILES string of the molecule is O=S(=O)(O)c1ccc(NS(=O)(=O)C(F)(F)F)cc1. The topological polar surface area (TPSA) is 101 Å². The van der Waals surface area contributed by atoms with Gasteiger partial charge >= 0.3 is 15.5 Å². The van der Waals surface area contributed by atoms with Crippen LogP contribution in [0.2, 0.25) is 0 Å². The summed E-state index contributed by atoms with van der Waals surface area (Å²) in [6.45, 7) is 0. The molecule has 0 spiro atoms. The standard InChI is InChI=1S/C7H6F3NO5S2/c8-7(9,10)18(15,16)11-5-1-3-6(4-2-5)17(12,13)14/h1-4,11H,(H,12,13,14). The van der Waals surface area contributed by atoms with E-state index in [2.05, 4.69) is 0 Å². The predicted molar refractivity (Wildman–Crippen MR) is 54.9 cm³/mol. The quantitative estimate of drug-likeness (QED) is 0.817. The summed E-state index contributed by atoms with van der Waals surface area (Å²) in [6, 6.07) is 3.05. The summed E-state index contributed by atoms with van der Waals surface area (Å²) in [4.78, 5) is -0.572. The maximum atomic E-state index is 12.0. The van der Waals surface area contributed by atoms with Crippen molar-refractivity contribution in [1.82, 2.24) is 0 Å². The number of nitrogens with one attached hydrogen (secondary N) is 1. The molecule has 0 amide bonds. The Bertz CT molecular complexity index is 633. The molecular formula is C7H6F3NO5S2. The van der Waals surface area contributed by atoms with E-state index in [1.54, 1.807) is 0 Å². The van der Waals surface area contributed by atoms with Crippen LogP contribution in [0.15, 0.2) is 29.2 Å². The van der Waals surface area contributed by atoms with E-state index in [1.165, 1.54) is 4.72 Å². The summed E-state index contributed by atoms with van der Waals surface area (Å²) >= 11 is 0. The smallest absolute Gasteiger partial charge is 0.282 e. The lowest BCUT2D eigenvalue weighted by Crippen LogP contribution is -2.29. The van der Waals surface area contributed by atoms with Crippen molar-refractivity contribution in [3.05, 3.63) is 24.3 Å². The molecule has 0 aliphatic carbocycles. The first kappa shape index (κ1) is 14.7. The minimum Gasteiger partial charge on any atom is -0.282 e. The first-order valence-electron chi connectivity index (χ1n) is 4.10. The van der Waals surface area contributed by atoms with E-state index in [1.807, 2.05) is 0 Å². The molecule has 0 unspecified atom stereocenters. The van der Waals surface area contributed by atoms with Crippen LogP contribution in [-0.4, -0.2) is 26.9 Å². The molecule has 0 aliphatic heterocycles. The van der Waals surface area contributed by atoms with Crippen molar-refractivity contribution in [2.75, 3.05) is 4.72 Å². The molecule has 0 heterocycles. The van der Waals surface area contributed by atoms with Crippen molar-refractivity contribution < 1.29 is 34.6 Å². The lowest BCUT2D eigenvalue weighted by Gasteiger charge is -2.10. The van der Waals surface area contributed by atoms with Crippen LogP contribution in [-0.2, 0) is 20.1 Å². The number of sulfonamides is 1. The van der Waals surface area contributed by atoms with Crippen molar-refractivity contribution >= 4 is 25.8 Å². The zero-order chi connectivity index (χ0) is 14.2. The van der Waals surface area contributed by atoms with Crippen LogP contribution in [0, 0.1) is 0 Å². The number of hydrogen-bond acceptors (Lipinski definition) is 4. The van der Waals surface area contributed by atoms with Crippen molar-refractivity contribution in [3.63, 3.8) is 0 Å². The molecule has 102 valence electrons. The van der Waals surface area contributed by atoms with Crippen LogP contribution in [0.4, 0.5) is 18.9 Å². The number of rotatable bonds is 3. The van der Waals surface area contributed by atoms with E-state index >= 15 is 0 Å². The van der Waals surface area contributed by atoms with E-state index in [0.717, 1.165) is 24.3 Å². The molecule has 0 saturated heterocycles. The second kappa shape index (κ2) is 4.40. The first-order valence-corrected chi connectivity index (χ1v) is 7.02. The Labute approximate surface area is 100 Å². The molecule has 2 N–H and O–H groups in total. The van der Waals surface area contributed by atoms with Crippen LogP contribution in [0.1, 0.15) is 0 Å². The molecular weight excluding hydrogens is 299 g/mol. The van der Waals surface area contributed by atoms with Gasteiger partial charge in [0.15, 0.2) is 0 Å². The van der Waals surface area contributed by atoms with Crippen molar-refractivity contribution in [3.8, 4) is 0 Å². The number of anilines is 1. The Hall–Kier alpha value is -1.33. The average Bonchev–Trinajstić information content (AvgIpc) is 2.14. The molecule has 0 aromatic heterocycles. The van der Waals surface area contributed by atoms with E-state index in [9.17, 15) is 30.0 Å². The monoisotopic (exact) mass is 305 g/mol. The highest BCUT2D eigenvalue weighted by Crippen LogP contribution is 2.25. The molecule has 1 rings (SSSR count). The van der Waals surface area contributed by atoms with Gasteiger partial charge in [-0.2, -0.15) is 30.0 Å². The normalized spacial score (nSPS) is 13.3. The fourth-order valence-electron chi connectivity index (χ4n) is 0.908. The fourth-order valence-corrected chi connectivity index (χ4v) is 1.95. The summed E-state index contributed by atoms with van der Waals surface area (Å²) in [5.74, 6) is 0. The minimum atomic E-state index is -5.56. The Morgan fingerprint density at radius 2 is 1.44 bits per heavy atom. The van der Waals surface area contributed by atoms with Crippen molar-refractivity contribution in [2.24, 2.45) is 0 Å². The molecule has 0 aliphatic rings. The van der Waals surface area contributed by atoms with Crippen LogP contribution in [0.5, 0.6) is 0 Å². The largest absolute Gasteiger partial charge is 0.516 e.